The topological polar surface area (TPSA) is 84.7 Å². The van der Waals surface area contributed by atoms with E-state index < -0.39 is 23.6 Å². The molecule has 1 aromatic carbocycles. The van der Waals surface area contributed by atoms with Crippen molar-refractivity contribution in [3.63, 3.8) is 0 Å². The van der Waals surface area contributed by atoms with E-state index in [4.69, 9.17) is 4.74 Å². The largest absolute Gasteiger partial charge is 0.416 e. The van der Waals surface area contributed by atoms with Gasteiger partial charge in [-0.15, -0.1) is 0 Å². The Balaban J connectivity index is 2.14. The molecule has 0 atom stereocenters. The van der Waals surface area contributed by atoms with Gasteiger partial charge in [-0.25, -0.2) is 0 Å². The Kier molecular flexibility index (Phi) is 6.94. The van der Waals surface area contributed by atoms with Crippen molar-refractivity contribution in [2.75, 3.05) is 32.1 Å². The number of methoxy groups -OCH3 is 1. The zero-order valence-electron chi connectivity index (χ0n) is 14.5. The number of aromatic nitrogens is 1. The van der Waals surface area contributed by atoms with Gasteiger partial charge in [0.15, 0.2) is 5.82 Å². The molecule has 0 aliphatic rings. The van der Waals surface area contributed by atoms with Crippen molar-refractivity contribution in [3.8, 4) is 0 Å². The smallest absolute Gasteiger partial charge is 0.385 e. The highest BCUT2D eigenvalue weighted by Gasteiger charge is 2.31. The molecule has 10 heteroatoms. The standard InChI is InChI=1S/C17H18F3N3O4/c1-26-8-3-7-23(11-15(24)21-14-6-9-27-22-14)16(25)12-4-2-5-13(10-12)17(18,19)20/h2,4-6,9-10H,3,7-8,11H2,1H3,(H,21,22,24). The number of rotatable bonds is 8. The maximum Gasteiger partial charge on any atom is 0.416 e. The van der Waals surface area contributed by atoms with Crippen molar-refractivity contribution in [1.29, 1.82) is 0 Å². The molecule has 0 saturated heterocycles. The van der Waals surface area contributed by atoms with E-state index in [-0.39, 0.29) is 24.5 Å². The van der Waals surface area contributed by atoms with Crippen LogP contribution in [0.3, 0.4) is 0 Å². The van der Waals surface area contributed by atoms with E-state index in [1.807, 2.05) is 0 Å². The summed E-state index contributed by atoms with van der Waals surface area (Å²) in [6.45, 7) is 0.109. The molecular formula is C17H18F3N3O4. The Morgan fingerprint density at radius 3 is 2.70 bits per heavy atom. The monoisotopic (exact) mass is 385 g/mol. The molecule has 0 saturated carbocycles. The predicted octanol–water partition coefficient (Wildman–Crippen LogP) is 2.81. The number of nitrogens with zero attached hydrogens (tertiary/aromatic N) is 2. The highest BCUT2D eigenvalue weighted by atomic mass is 19.4. The summed E-state index contributed by atoms with van der Waals surface area (Å²) in [5, 5.41) is 5.96. The third-order valence-electron chi connectivity index (χ3n) is 3.54. The van der Waals surface area contributed by atoms with E-state index in [1.165, 1.54) is 25.5 Å². The molecule has 0 fully saturated rings. The molecule has 0 radical (unpaired) electrons. The molecular weight excluding hydrogens is 367 g/mol. The lowest BCUT2D eigenvalue weighted by Gasteiger charge is -2.22. The maximum atomic E-state index is 12.9. The fourth-order valence-corrected chi connectivity index (χ4v) is 2.30. The number of hydrogen-bond donors (Lipinski definition) is 1. The van der Waals surface area contributed by atoms with Crippen molar-refractivity contribution in [1.82, 2.24) is 10.1 Å². The number of carbonyl (C=O) groups is 2. The van der Waals surface area contributed by atoms with Gasteiger partial charge in [0.25, 0.3) is 5.91 Å². The minimum absolute atomic E-state index is 0.134. The van der Waals surface area contributed by atoms with Crippen LogP contribution < -0.4 is 5.32 Å². The summed E-state index contributed by atoms with van der Waals surface area (Å²) in [5.74, 6) is -1.07. The zero-order valence-corrected chi connectivity index (χ0v) is 14.5. The summed E-state index contributed by atoms with van der Waals surface area (Å²) in [4.78, 5) is 25.9. The molecule has 1 N–H and O–H groups in total. The lowest BCUT2D eigenvalue weighted by molar-refractivity contribution is -0.137. The van der Waals surface area contributed by atoms with Crippen LogP contribution in [-0.4, -0.2) is 48.7 Å². The summed E-state index contributed by atoms with van der Waals surface area (Å²) < 4.78 is 48.2. The number of hydrogen-bond acceptors (Lipinski definition) is 5. The molecule has 0 bridgehead atoms. The molecule has 2 aromatic rings. The number of nitrogens with one attached hydrogen (secondary N) is 1. The Hall–Kier alpha value is -2.88. The van der Waals surface area contributed by atoms with Crippen molar-refractivity contribution in [2.24, 2.45) is 0 Å². The molecule has 146 valence electrons. The number of carbonyl (C=O) groups excluding carboxylic acids is 2. The number of benzene rings is 1. The fraction of sp³-hybridized carbons (Fsp3) is 0.353. The Morgan fingerprint density at radius 2 is 2.07 bits per heavy atom. The van der Waals surface area contributed by atoms with Gasteiger partial charge in [-0.3, -0.25) is 9.59 Å². The van der Waals surface area contributed by atoms with E-state index in [0.29, 0.717) is 13.0 Å². The van der Waals surface area contributed by atoms with Crippen LogP contribution in [0.4, 0.5) is 19.0 Å². The van der Waals surface area contributed by atoms with Crippen LogP contribution >= 0.6 is 0 Å². The summed E-state index contributed by atoms with van der Waals surface area (Å²) in [5.41, 5.74) is -1.09. The number of anilines is 1. The first-order valence-electron chi connectivity index (χ1n) is 7.97. The Bertz CT molecular complexity index is 763. The van der Waals surface area contributed by atoms with Gasteiger partial charge < -0.3 is 19.5 Å². The molecule has 0 aliphatic carbocycles. The van der Waals surface area contributed by atoms with Crippen LogP contribution in [0.1, 0.15) is 22.3 Å². The third-order valence-corrected chi connectivity index (χ3v) is 3.54. The highest BCUT2D eigenvalue weighted by Crippen LogP contribution is 2.29. The van der Waals surface area contributed by atoms with Crippen molar-refractivity contribution >= 4 is 17.6 Å². The minimum Gasteiger partial charge on any atom is -0.385 e. The zero-order chi connectivity index (χ0) is 19.9. The van der Waals surface area contributed by atoms with Crippen LogP contribution in [0.15, 0.2) is 41.1 Å². The summed E-state index contributed by atoms with van der Waals surface area (Å²) in [6, 6.07) is 5.49. The quantitative estimate of drug-likeness (QED) is 0.707. The number of alkyl halides is 3. The molecule has 1 heterocycles. The molecule has 2 rings (SSSR count). The van der Waals surface area contributed by atoms with E-state index in [0.717, 1.165) is 23.1 Å². The molecule has 0 aliphatic heterocycles. The van der Waals surface area contributed by atoms with Gasteiger partial charge in [-0.1, -0.05) is 11.2 Å². The van der Waals surface area contributed by atoms with Crippen LogP contribution in [0.2, 0.25) is 0 Å². The van der Waals surface area contributed by atoms with Crippen molar-refractivity contribution < 1.29 is 32.0 Å². The summed E-state index contributed by atoms with van der Waals surface area (Å²) in [6.07, 6.45) is -2.89. The second-order valence-electron chi connectivity index (χ2n) is 5.58. The predicted molar refractivity (Wildman–Crippen MR) is 89.0 cm³/mol. The summed E-state index contributed by atoms with van der Waals surface area (Å²) >= 11 is 0. The lowest BCUT2D eigenvalue weighted by atomic mass is 10.1. The van der Waals surface area contributed by atoms with E-state index in [1.54, 1.807) is 0 Å². The Labute approximate surface area is 153 Å². The van der Waals surface area contributed by atoms with Gasteiger partial charge in [0.2, 0.25) is 5.91 Å². The number of amides is 2. The van der Waals surface area contributed by atoms with Gasteiger partial charge >= 0.3 is 6.18 Å². The van der Waals surface area contributed by atoms with Gasteiger partial charge in [-0.2, -0.15) is 13.2 Å². The molecule has 27 heavy (non-hydrogen) atoms. The second-order valence-corrected chi connectivity index (χ2v) is 5.58. The van der Waals surface area contributed by atoms with Crippen LogP contribution in [0, 0.1) is 0 Å². The van der Waals surface area contributed by atoms with Gasteiger partial charge in [-0.05, 0) is 24.6 Å². The van der Waals surface area contributed by atoms with Gasteiger partial charge in [0.05, 0.1) is 5.56 Å². The van der Waals surface area contributed by atoms with E-state index >= 15 is 0 Å². The lowest BCUT2D eigenvalue weighted by Crippen LogP contribution is -2.39. The van der Waals surface area contributed by atoms with Crippen molar-refractivity contribution in [3.05, 3.63) is 47.7 Å². The summed E-state index contributed by atoms with van der Waals surface area (Å²) in [7, 11) is 1.48. The highest BCUT2D eigenvalue weighted by molar-refractivity contribution is 5.99. The van der Waals surface area contributed by atoms with Gasteiger partial charge in [0, 0.05) is 31.9 Å². The van der Waals surface area contributed by atoms with Crippen molar-refractivity contribution in [2.45, 2.75) is 12.6 Å². The maximum absolute atomic E-state index is 12.9. The molecule has 1 aromatic heterocycles. The first-order valence-corrected chi connectivity index (χ1v) is 7.97. The average molecular weight is 385 g/mol. The average Bonchev–Trinajstić information content (AvgIpc) is 3.12. The number of halogens is 3. The molecule has 2 amide bonds. The second kappa shape index (κ2) is 9.17. The molecule has 0 spiro atoms. The van der Waals surface area contributed by atoms with E-state index in [2.05, 4.69) is 15.0 Å². The fourth-order valence-electron chi connectivity index (χ4n) is 2.30. The molecule has 7 nitrogen and oxygen atoms in total. The van der Waals surface area contributed by atoms with Crippen LogP contribution in [0.5, 0.6) is 0 Å². The SMILES string of the molecule is COCCCN(CC(=O)Nc1ccon1)C(=O)c1cccc(C(F)(F)F)c1. The Morgan fingerprint density at radius 1 is 1.30 bits per heavy atom. The normalized spacial score (nSPS) is 11.3. The minimum atomic E-state index is -4.57. The van der Waals surface area contributed by atoms with Crippen LogP contribution in [-0.2, 0) is 15.7 Å². The number of ether oxygens (including phenoxy) is 1. The molecule has 0 unspecified atom stereocenters. The first-order chi connectivity index (χ1) is 12.8. The van der Waals surface area contributed by atoms with E-state index in [9.17, 15) is 22.8 Å². The van der Waals surface area contributed by atoms with Crippen LogP contribution in [0.25, 0.3) is 0 Å². The first kappa shape index (κ1) is 20.4. The third kappa shape index (κ3) is 6.10. The van der Waals surface area contributed by atoms with Gasteiger partial charge in [0.1, 0.15) is 12.8 Å².